The van der Waals surface area contributed by atoms with E-state index in [2.05, 4.69) is 21.2 Å². The summed E-state index contributed by atoms with van der Waals surface area (Å²) in [5.74, 6) is -1.11. The van der Waals surface area contributed by atoms with E-state index in [-0.39, 0.29) is 13.0 Å². The number of amides is 1. The van der Waals surface area contributed by atoms with Gasteiger partial charge in [0.1, 0.15) is 12.6 Å². The van der Waals surface area contributed by atoms with Crippen LogP contribution in [0.4, 0.5) is 4.79 Å². The van der Waals surface area contributed by atoms with Gasteiger partial charge in [-0.15, -0.1) is 0 Å². The predicted octanol–water partition coefficient (Wildman–Crippen LogP) is 3.37. The van der Waals surface area contributed by atoms with Crippen LogP contribution in [0.1, 0.15) is 11.1 Å². The Morgan fingerprint density at radius 3 is 2.43 bits per heavy atom. The van der Waals surface area contributed by atoms with Gasteiger partial charge in [0.15, 0.2) is 0 Å². The Bertz CT molecular complexity index is 675. The zero-order valence-corrected chi connectivity index (χ0v) is 13.8. The second-order valence-electron chi connectivity index (χ2n) is 4.93. The van der Waals surface area contributed by atoms with Gasteiger partial charge in [-0.1, -0.05) is 58.4 Å². The van der Waals surface area contributed by atoms with E-state index < -0.39 is 18.1 Å². The molecule has 0 aliphatic rings. The van der Waals surface area contributed by atoms with Crippen molar-refractivity contribution in [3.8, 4) is 0 Å². The third-order valence-corrected chi connectivity index (χ3v) is 3.63. The van der Waals surface area contributed by atoms with Crippen molar-refractivity contribution in [2.45, 2.75) is 19.1 Å². The lowest BCUT2D eigenvalue weighted by molar-refractivity contribution is -0.139. The molecule has 0 spiro atoms. The van der Waals surface area contributed by atoms with Crippen molar-refractivity contribution in [1.29, 1.82) is 0 Å². The molecule has 120 valence electrons. The van der Waals surface area contributed by atoms with Crippen LogP contribution in [0.2, 0.25) is 0 Å². The summed E-state index contributed by atoms with van der Waals surface area (Å²) in [5, 5.41) is 11.6. The van der Waals surface area contributed by atoms with Gasteiger partial charge in [0.2, 0.25) is 0 Å². The van der Waals surface area contributed by atoms with Crippen molar-refractivity contribution in [2.75, 3.05) is 0 Å². The molecule has 0 aromatic heterocycles. The Hall–Kier alpha value is -2.34. The quantitative estimate of drug-likeness (QED) is 0.808. The number of ether oxygens (including phenoxy) is 1. The summed E-state index contributed by atoms with van der Waals surface area (Å²) in [6, 6.07) is 15.4. The van der Waals surface area contributed by atoms with Crippen molar-refractivity contribution in [2.24, 2.45) is 0 Å². The van der Waals surface area contributed by atoms with Gasteiger partial charge in [-0.3, -0.25) is 0 Å². The first-order valence-electron chi connectivity index (χ1n) is 6.99. The fourth-order valence-electron chi connectivity index (χ4n) is 2.01. The van der Waals surface area contributed by atoms with Crippen LogP contribution in [0.3, 0.4) is 0 Å². The molecule has 0 radical (unpaired) electrons. The van der Waals surface area contributed by atoms with Crippen LogP contribution in [0.25, 0.3) is 0 Å². The highest BCUT2D eigenvalue weighted by Gasteiger charge is 2.21. The molecule has 2 rings (SSSR count). The van der Waals surface area contributed by atoms with Gasteiger partial charge < -0.3 is 15.2 Å². The molecule has 0 aliphatic heterocycles. The molecule has 0 unspecified atom stereocenters. The van der Waals surface area contributed by atoms with Crippen LogP contribution in [0.5, 0.6) is 0 Å². The molecule has 2 aromatic carbocycles. The average molecular weight is 378 g/mol. The van der Waals surface area contributed by atoms with Crippen molar-refractivity contribution in [3.05, 3.63) is 70.2 Å². The van der Waals surface area contributed by atoms with Crippen LogP contribution in [-0.2, 0) is 22.6 Å². The molecule has 5 nitrogen and oxygen atoms in total. The Balaban J connectivity index is 1.91. The number of nitrogens with one attached hydrogen (secondary N) is 1. The maximum atomic E-state index is 11.8. The SMILES string of the molecule is O=C(N[C@@H](Cc1cccc(Br)c1)C(=O)O)OCc1ccccc1. The van der Waals surface area contributed by atoms with Gasteiger partial charge in [-0.25, -0.2) is 9.59 Å². The maximum Gasteiger partial charge on any atom is 0.408 e. The molecular formula is C17H16BrNO4. The molecule has 2 N–H and O–H groups in total. The lowest BCUT2D eigenvalue weighted by Crippen LogP contribution is -2.42. The Kier molecular flexibility index (Phi) is 6.17. The number of rotatable bonds is 6. The molecule has 0 fully saturated rings. The summed E-state index contributed by atoms with van der Waals surface area (Å²) >= 11 is 3.33. The fraction of sp³-hybridized carbons (Fsp3) is 0.176. The third-order valence-electron chi connectivity index (χ3n) is 3.13. The van der Waals surface area contributed by atoms with Crippen LogP contribution in [-0.4, -0.2) is 23.2 Å². The van der Waals surface area contributed by atoms with Gasteiger partial charge in [0.25, 0.3) is 0 Å². The lowest BCUT2D eigenvalue weighted by atomic mass is 10.1. The van der Waals surface area contributed by atoms with Crippen LogP contribution in [0, 0.1) is 0 Å². The number of carboxylic acids is 1. The molecule has 2 aromatic rings. The number of carbonyl (C=O) groups excluding carboxylic acids is 1. The topological polar surface area (TPSA) is 75.6 Å². The number of halogens is 1. The standard InChI is InChI=1S/C17H16BrNO4/c18-14-8-4-7-13(9-14)10-15(16(20)21)19-17(22)23-11-12-5-2-1-3-6-12/h1-9,15H,10-11H2,(H,19,22)(H,20,21)/t15-/m0/s1. The molecule has 0 heterocycles. The summed E-state index contributed by atoms with van der Waals surface area (Å²) in [6.45, 7) is 0.0932. The number of carbonyl (C=O) groups is 2. The van der Waals surface area contributed by atoms with Gasteiger partial charge >= 0.3 is 12.1 Å². The first-order valence-corrected chi connectivity index (χ1v) is 7.78. The molecule has 0 saturated heterocycles. The van der Waals surface area contributed by atoms with E-state index >= 15 is 0 Å². The molecule has 1 atom stereocenters. The van der Waals surface area contributed by atoms with Gasteiger partial charge in [0, 0.05) is 10.9 Å². The number of hydrogen-bond donors (Lipinski definition) is 2. The smallest absolute Gasteiger partial charge is 0.408 e. The molecular weight excluding hydrogens is 362 g/mol. The van der Waals surface area contributed by atoms with Crippen LogP contribution >= 0.6 is 15.9 Å². The monoisotopic (exact) mass is 377 g/mol. The summed E-state index contributed by atoms with van der Waals surface area (Å²) in [5.41, 5.74) is 1.64. The summed E-state index contributed by atoms with van der Waals surface area (Å²) in [7, 11) is 0. The van der Waals surface area contributed by atoms with Gasteiger partial charge in [-0.05, 0) is 23.3 Å². The second-order valence-corrected chi connectivity index (χ2v) is 5.85. The average Bonchev–Trinajstić information content (AvgIpc) is 2.53. The minimum Gasteiger partial charge on any atom is -0.480 e. The zero-order chi connectivity index (χ0) is 16.7. The lowest BCUT2D eigenvalue weighted by Gasteiger charge is -2.15. The minimum absolute atomic E-state index is 0.0932. The van der Waals surface area contributed by atoms with Gasteiger partial charge in [0.05, 0.1) is 0 Å². The molecule has 0 saturated carbocycles. The summed E-state index contributed by atoms with van der Waals surface area (Å²) in [4.78, 5) is 23.1. The van der Waals surface area contributed by atoms with Crippen molar-refractivity contribution >= 4 is 28.0 Å². The zero-order valence-electron chi connectivity index (χ0n) is 12.2. The van der Waals surface area contributed by atoms with Crippen LogP contribution < -0.4 is 5.32 Å². The van der Waals surface area contributed by atoms with E-state index in [1.807, 2.05) is 48.5 Å². The number of alkyl carbamates (subject to hydrolysis) is 1. The molecule has 1 amide bonds. The van der Waals surface area contributed by atoms with E-state index in [1.165, 1.54) is 0 Å². The number of aliphatic carboxylic acids is 1. The third kappa shape index (κ3) is 5.75. The first-order chi connectivity index (χ1) is 11.0. The number of carboxylic acid groups (broad SMARTS) is 1. The fourth-order valence-corrected chi connectivity index (χ4v) is 2.45. The van der Waals surface area contributed by atoms with Crippen molar-refractivity contribution in [1.82, 2.24) is 5.32 Å². The van der Waals surface area contributed by atoms with Crippen molar-refractivity contribution < 1.29 is 19.4 Å². The Morgan fingerprint density at radius 2 is 1.78 bits per heavy atom. The first kappa shape index (κ1) is 17.0. The van der Waals surface area contributed by atoms with E-state index in [9.17, 15) is 14.7 Å². The van der Waals surface area contributed by atoms with E-state index in [0.717, 1.165) is 15.6 Å². The molecule has 0 bridgehead atoms. The highest BCUT2D eigenvalue weighted by Crippen LogP contribution is 2.13. The minimum atomic E-state index is -1.11. The summed E-state index contributed by atoms with van der Waals surface area (Å²) < 4.78 is 5.90. The normalized spacial score (nSPS) is 11.5. The highest BCUT2D eigenvalue weighted by molar-refractivity contribution is 9.10. The highest BCUT2D eigenvalue weighted by atomic mass is 79.9. The predicted molar refractivity (Wildman–Crippen MR) is 89.0 cm³/mol. The molecule has 6 heteroatoms. The van der Waals surface area contributed by atoms with Crippen LogP contribution in [0.15, 0.2) is 59.1 Å². The van der Waals surface area contributed by atoms with E-state index in [0.29, 0.717) is 0 Å². The van der Waals surface area contributed by atoms with E-state index in [1.54, 1.807) is 6.07 Å². The Labute approximate surface area is 142 Å². The molecule has 23 heavy (non-hydrogen) atoms. The summed E-state index contributed by atoms with van der Waals surface area (Å²) in [6.07, 6.45) is -0.578. The van der Waals surface area contributed by atoms with E-state index in [4.69, 9.17) is 4.74 Å². The largest absolute Gasteiger partial charge is 0.480 e. The van der Waals surface area contributed by atoms with Crippen molar-refractivity contribution in [3.63, 3.8) is 0 Å². The Morgan fingerprint density at radius 1 is 1.09 bits per heavy atom. The maximum absolute atomic E-state index is 11.8. The molecule has 0 aliphatic carbocycles. The number of hydrogen-bond acceptors (Lipinski definition) is 3. The number of benzene rings is 2. The van der Waals surface area contributed by atoms with Gasteiger partial charge in [-0.2, -0.15) is 0 Å². The second kappa shape index (κ2) is 8.33.